The molecule has 0 spiro atoms. The molecule has 0 radical (unpaired) electrons. The molecule has 0 aliphatic heterocycles. The number of hydrogen-bond donors (Lipinski definition) is 3. The van der Waals surface area contributed by atoms with Crippen LogP contribution in [0.5, 0.6) is 0 Å². The summed E-state index contributed by atoms with van der Waals surface area (Å²) in [5, 5.41) is 32.0. The third kappa shape index (κ3) is 3.62. The Kier molecular flexibility index (Phi) is 6.25. The van der Waals surface area contributed by atoms with Gasteiger partial charge in [0.15, 0.2) is 0 Å². The third-order valence-corrected chi connectivity index (χ3v) is 4.83. The summed E-state index contributed by atoms with van der Waals surface area (Å²) in [5.41, 5.74) is -6.40. The number of aliphatic hydroxyl groups is 2. The average Bonchev–Trinajstić information content (AvgIpc) is 2.71. The molecule has 0 aromatic heterocycles. The summed E-state index contributed by atoms with van der Waals surface area (Å²) in [6.45, 7) is 3.46. The number of aliphatic carboxylic acids is 1. The maximum Gasteiger partial charge on any atom is 0.348 e. The van der Waals surface area contributed by atoms with Crippen molar-refractivity contribution in [2.24, 2.45) is 0 Å². The number of Topliss-reactive ketones (excluding diaryl/α,β-unsaturated/α-hetero) is 2. The van der Waals surface area contributed by atoms with E-state index in [2.05, 4.69) is 0 Å². The van der Waals surface area contributed by atoms with Gasteiger partial charge in [0, 0.05) is 25.2 Å². The van der Waals surface area contributed by atoms with Gasteiger partial charge in [0.1, 0.15) is 0 Å². The molecule has 2 atom stereocenters. The molecule has 3 N–H and O–H groups in total. The standard InChI is InChI=1S/C22H23NO7/c1-13-5-9-15(10-6-13)17(24)21(29,19(26)23(3)4)22(30,20(27)28)18(25)16-11-7-14(2)8-12-16/h5-12,29-30H,1-4H3,(H,27,28). The zero-order valence-corrected chi connectivity index (χ0v) is 17.0. The number of nitrogens with zero attached hydrogens (tertiary/aromatic N) is 1. The average molecular weight is 413 g/mol. The van der Waals surface area contributed by atoms with E-state index in [9.17, 15) is 34.5 Å². The van der Waals surface area contributed by atoms with Crippen LogP contribution in [-0.4, -0.2) is 69.0 Å². The molecule has 0 bridgehead atoms. The molecule has 0 heterocycles. The van der Waals surface area contributed by atoms with Gasteiger partial charge >= 0.3 is 5.97 Å². The molecule has 158 valence electrons. The zero-order valence-electron chi connectivity index (χ0n) is 17.0. The van der Waals surface area contributed by atoms with E-state index < -0.39 is 34.6 Å². The van der Waals surface area contributed by atoms with Gasteiger partial charge in [-0.3, -0.25) is 14.4 Å². The molecule has 2 aromatic carbocycles. The monoisotopic (exact) mass is 413 g/mol. The molecule has 30 heavy (non-hydrogen) atoms. The third-order valence-electron chi connectivity index (χ3n) is 4.83. The number of carbonyl (C=O) groups is 4. The number of carboxylic acids is 1. The number of likely N-dealkylation sites (N-methyl/N-ethyl adjacent to an activating group) is 1. The minimum absolute atomic E-state index is 0.241. The number of carbonyl (C=O) groups excluding carboxylic acids is 3. The van der Waals surface area contributed by atoms with Crippen molar-refractivity contribution >= 4 is 23.4 Å². The van der Waals surface area contributed by atoms with Gasteiger partial charge in [0.25, 0.3) is 17.1 Å². The lowest BCUT2D eigenvalue weighted by Gasteiger charge is -2.38. The normalized spacial score (nSPS) is 14.9. The van der Waals surface area contributed by atoms with E-state index in [-0.39, 0.29) is 11.1 Å². The van der Waals surface area contributed by atoms with Crippen LogP contribution in [0.3, 0.4) is 0 Å². The minimum Gasteiger partial charge on any atom is -0.479 e. The SMILES string of the molecule is Cc1ccc(C(=O)C(O)(C(=O)O)C(O)(C(=O)c2ccc(C)cc2)C(=O)N(C)C)cc1. The fourth-order valence-corrected chi connectivity index (χ4v) is 2.98. The molecule has 2 aromatic rings. The van der Waals surface area contributed by atoms with Gasteiger partial charge in [-0.2, -0.15) is 0 Å². The molecular formula is C22H23NO7. The van der Waals surface area contributed by atoms with Gasteiger partial charge < -0.3 is 20.2 Å². The number of aryl methyl sites for hydroxylation is 2. The topological polar surface area (TPSA) is 132 Å². The highest BCUT2D eigenvalue weighted by atomic mass is 16.4. The van der Waals surface area contributed by atoms with Crippen molar-refractivity contribution in [1.29, 1.82) is 0 Å². The van der Waals surface area contributed by atoms with Gasteiger partial charge in [-0.1, -0.05) is 59.7 Å². The number of ketones is 2. The molecule has 0 aliphatic carbocycles. The van der Waals surface area contributed by atoms with E-state index in [1.165, 1.54) is 48.5 Å². The Labute approximate surface area is 173 Å². The van der Waals surface area contributed by atoms with Crippen molar-refractivity contribution in [1.82, 2.24) is 4.90 Å². The summed E-state index contributed by atoms with van der Waals surface area (Å²) in [5.74, 6) is -6.58. The van der Waals surface area contributed by atoms with Crippen LogP contribution in [0.1, 0.15) is 31.8 Å². The molecule has 8 heteroatoms. The first-order valence-corrected chi connectivity index (χ1v) is 9.00. The first-order chi connectivity index (χ1) is 13.9. The molecule has 0 fully saturated rings. The summed E-state index contributed by atoms with van der Waals surface area (Å²) in [7, 11) is 2.32. The lowest BCUT2D eigenvalue weighted by Crippen LogP contribution is -2.73. The maximum absolute atomic E-state index is 13.2. The highest BCUT2D eigenvalue weighted by Gasteiger charge is 2.69. The maximum atomic E-state index is 13.2. The second-order valence-electron chi connectivity index (χ2n) is 7.32. The van der Waals surface area contributed by atoms with Crippen LogP contribution in [0.2, 0.25) is 0 Å². The summed E-state index contributed by atoms with van der Waals surface area (Å²) in [6, 6.07) is 11.0. The van der Waals surface area contributed by atoms with Crippen LogP contribution in [0, 0.1) is 13.8 Å². The molecular weight excluding hydrogens is 390 g/mol. The van der Waals surface area contributed by atoms with E-state index in [4.69, 9.17) is 0 Å². The van der Waals surface area contributed by atoms with E-state index in [0.29, 0.717) is 0 Å². The van der Waals surface area contributed by atoms with Gasteiger partial charge in [0.05, 0.1) is 0 Å². The smallest absolute Gasteiger partial charge is 0.348 e. The first-order valence-electron chi connectivity index (χ1n) is 9.00. The molecule has 1 amide bonds. The number of benzene rings is 2. The molecule has 2 unspecified atom stereocenters. The number of amides is 1. The predicted octanol–water partition coefficient (Wildman–Crippen LogP) is 1.00. The van der Waals surface area contributed by atoms with Crippen molar-refractivity contribution in [3.63, 3.8) is 0 Å². The van der Waals surface area contributed by atoms with E-state index >= 15 is 0 Å². The number of hydrogen-bond acceptors (Lipinski definition) is 6. The lowest BCUT2D eigenvalue weighted by atomic mass is 9.72. The Morgan fingerprint density at radius 3 is 1.33 bits per heavy atom. The predicted molar refractivity (Wildman–Crippen MR) is 107 cm³/mol. The Morgan fingerprint density at radius 1 is 0.700 bits per heavy atom. The Hall–Kier alpha value is -3.36. The van der Waals surface area contributed by atoms with Gasteiger partial charge in [0.2, 0.25) is 11.6 Å². The van der Waals surface area contributed by atoms with E-state index in [0.717, 1.165) is 30.1 Å². The highest BCUT2D eigenvalue weighted by Crippen LogP contribution is 2.33. The van der Waals surface area contributed by atoms with Gasteiger partial charge in [-0.25, -0.2) is 4.79 Å². The second-order valence-corrected chi connectivity index (χ2v) is 7.32. The molecule has 0 saturated heterocycles. The Bertz CT molecular complexity index is 995. The van der Waals surface area contributed by atoms with Crippen LogP contribution in [0.4, 0.5) is 0 Å². The second kappa shape index (κ2) is 8.17. The van der Waals surface area contributed by atoms with Crippen LogP contribution in [-0.2, 0) is 9.59 Å². The molecule has 8 nitrogen and oxygen atoms in total. The summed E-state index contributed by atoms with van der Waals surface area (Å²) in [4.78, 5) is 52.0. The van der Waals surface area contributed by atoms with Crippen LogP contribution >= 0.6 is 0 Å². The zero-order chi connectivity index (χ0) is 22.9. The van der Waals surface area contributed by atoms with Gasteiger partial charge in [-0.15, -0.1) is 0 Å². The van der Waals surface area contributed by atoms with Crippen molar-refractivity contribution < 1.29 is 34.5 Å². The first kappa shape index (κ1) is 22.9. The fraction of sp³-hybridized carbons (Fsp3) is 0.273. The van der Waals surface area contributed by atoms with Crippen LogP contribution in [0.25, 0.3) is 0 Å². The van der Waals surface area contributed by atoms with Crippen molar-refractivity contribution in [2.45, 2.75) is 25.0 Å². The number of rotatable bonds is 7. The molecule has 2 rings (SSSR count). The Balaban J connectivity index is 2.77. The summed E-state index contributed by atoms with van der Waals surface area (Å²) in [6.07, 6.45) is 0. The lowest BCUT2D eigenvalue weighted by molar-refractivity contribution is -0.182. The highest BCUT2D eigenvalue weighted by molar-refractivity contribution is 6.29. The largest absolute Gasteiger partial charge is 0.479 e. The van der Waals surface area contributed by atoms with Crippen LogP contribution in [0.15, 0.2) is 48.5 Å². The summed E-state index contributed by atoms with van der Waals surface area (Å²) >= 11 is 0. The number of carboxylic acid groups (broad SMARTS) is 1. The van der Waals surface area contributed by atoms with E-state index in [1.54, 1.807) is 13.8 Å². The minimum atomic E-state index is -3.77. The van der Waals surface area contributed by atoms with Gasteiger partial charge in [-0.05, 0) is 13.8 Å². The van der Waals surface area contributed by atoms with Crippen LogP contribution < -0.4 is 0 Å². The fourth-order valence-electron chi connectivity index (χ4n) is 2.98. The quantitative estimate of drug-likeness (QED) is 0.456. The molecule has 0 saturated carbocycles. The summed E-state index contributed by atoms with van der Waals surface area (Å²) < 4.78 is 0. The molecule has 0 aliphatic rings. The van der Waals surface area contributed by atoms with E-state index in [1.807, 2.05) is 0 Å². The van der Waals surface area contributed by atoms with Crippen molar-refractivity contribution in [3.05, 3.63) is 70.8 Å². The van der Waals surface area contributed by atoms with Crippen molar-refractivity contribution in [2.75, 3.05) is 14.1 Å². The Morgan fingerprint density at radius 2 is 1.03 bits per heavy atom. The van der Waals surface area contributed by atoms with Crippen molar-refractivity contribution in [3.8, 4) is 0 Å².